The monoisotopic (exact) mass is 376 g/mol. The SMILES string of the molecule is CC.CC.O=C(N[C@H]1[CH-]CCC1)c1cc2ccccc2[nH]1.[Y]. The maximum atomic E-state index is 12.0. The number of benzene rings is 1. The maximum Gasteiger partial charge on any atom is 0.265 e. The number of para-hydroxylation sites is 1. The van der Waals surface area contributed by atoms with Crippen LogP contribution < -0.4 is 5.32 Å². The van der Waals surface area contributed by atoms with Crippen molar-refractivity contribution < 1.29 is 37.5 Å². The first-order valence-corrected chi connectivity index (χ1v) is 8.05. The third kappa shape index (κ3) is 5.85. The molecule has 0 spiro atoms. The van der Waals surface area contributed by atoms with Crippen molar-refractivity contribution in [2.24, 2.45) is 0 Å². The first kappa shape index (κ1) is 21.3. The van der Waals surface area contributed by atoms with Gasteiger partial charge in [0.05, 0.1) is 0 Å². The minimum Gasteiger partial charge on any atom is -0.378 e. The molecular weight excluding hydrogens is 349 g/mol. The predicted octanol–water partition coefficient (Wildman–Crippen LogP) is 4.70. The molecule has 1 atom stereocenters. The van der Waals surface area contributed by atoms with Crippen LogP contribution in [0.2, 0.25) is 0 Å². The van der Waals surface area contributed by atoms with E-state index < -0.39 is 0 Å². The van der Waals surface area contributed by atoms with Gasteiger partial charge in [0.15, 0.2) is 0 Å². The van der Waals surface area contributed by atoms with Crippen LogP contribution in [0.1, 0.15) is 57.4 Å². The molecule has 0 saturated heterocycles. The number of amides is 1. The molecule has 0 bridgehead atoms. The van der Waals surface area contributed by atoms with Crippen molar-refractivity contribution in [1.29, 1.82) is 0 Å². The fourth-order valence-electron chi connectivity index (χ4n) is 2.35. The number of fused-ring (bicyclic) bond motifs is 1. The summed E-state index contributed by atoms with van der Waals surface area (Å²) in [6, 6.07) is 10.1. The number of hydrogen-bond acceptors (Lipinski definition) is 1. The largest absolute Gasteiger partial charge is 0.378 e. The van der Waals surface area contributed by atoms with Gasteiger partial charge in [0, 0.05) is 43.6 Å². The van der Waals surface area contributed by atoms with Crippen LogP contribution in [0.15, 0.2) is 30.3 Å². The molecule has 22 heavy (non-hydrogen) atoms. The molecule has 1 fully saturated rings. The Hall–Kier alpha value is -0.666. The van der Waals surface area contributed by atoms with Gasteiger partial charge in [-0.15, -0.1) is 0 Å². The fourth-order valence-corrected chi connectivity index (χ4v) is 2.35. The molecular formula is C18H27N2OY-. The van der Waals surface area contributed by atoms with E-state index in [1.807, 2.05) is 58.0 Å². The van der Waals surface area contributed by atoms with E-state index in [2.05, 4.69) is 16.7 Å². The molecule has 1 aromatic heterocycles. The average molecular weight is 376 g/mol. The van der Waals surface area contributed by atoms with Crippen LogP contribution in [-0.2, 0) is 32.7 Å². The van der Waals surface area contributed by atoms with Crippen molar-refractivity contribution in [3.8, 4) is 0 Å². The van der Waals surface area contributed by atoms with Crippen molar-refractivity contribution in [3.05, 3.63) is 42.4 Å². The van der Waals surface area contributed by atoms with E-state index in [1.165, 1.54) is 6.42 Å². The molecule has 119 valence electrons. The van der Waals surface area contributed by atoms with Gasteiger partial charge < -0.3 is 16.7 Å². The third-order valence-electron chi connectivity index (χ3n) is 3.26. The molecule has 2 N–H and O–H groups in total. The summed E-state index contributed by atoms with van der Waals surface area (Å²) in [5, 5.41) is 4.11. The Morgan fingerprint density at radius 2 is 1.91 bits per heavy atom. The number of rotatable bonds is 2. The summed E-state index contributed by atoms with van der Waals surface area (Å²) >= 11 is 0. The van der Waals surface area contributed by atoms with Gasteiger partial charge >= 0.3 is 0 Å². The number of aromatic amines is 1. The molecule has 0 unspecified atom stereocenters. The van der Waals surface area contributed by atoms with Gasteiger partial charge in [-0.05, 0) is 12.1 Å². The number of nitrogens with one attached hydrogen (secondary N) is 2. The number of hydrogen-bond donors (Lipinski definition) is 2. The first-order valence-electron chi connectivity index (χ1n) is 8.05. The maximum absolute atomic E-state index is 12.0. The minimum absolute atomic E-state index is 0. The summed E-state index contributed by atoms with van der Waals surface area (Å²) in [7, 11) is 0. The number of aromatic nitrogens is 1. The molecule has 1 aliphatic rings. The van der Waals surface area contributed by atoms with Crippen molar-refractivity contribution in [1.82, 2.24) is 10.3 Å². The molecule has 1 radical (unpaired) electrons. The summed E-state index contributed by atoms with van der Waals surface area (Å²) in [5.41, 5.74) is 1.65. The van der Waals surface area contributed by atoms with Crippen LogP contribution >= 0.6 is 0 Å². The van der Waals surface area contributed by atoms with Crippen molar-refractivity contribution in [3.63, 3.8) is 0 Å². The van der Waals surface area contributed by atoms with E-state index in [0.29, 0.717) is 5.69 Å². The molecule has 1 aliphatic carbocycles. The second kappa shape index (κ2) is 11.8. The smallest absolute Gasteiger partial charge is 0.265 e. The number of H-pyrrole nitrogens is 1. The molecule has 1 heterocycles. The molecule has 1 amide bonds. The first-order chi connectivity index (χ1) is 10.3. The molecule has 1 saturated carbocycles. The Morgan fingerprint density at radius 3 is 2.50 bits per heavy atom. The van der Waals surface area contributed by atoms with E-state index in [9.17, 15) is 4.79 Å². The van der Waals surface area contributed by atoms with Crippen LogP contribution in [0.5, 0.6) is 0 Å². The zero-order valence-corrected chi connectivity index (χ0v) is 17.0. The predicted molar refractivity (Wildman–Crippen MR) is 90.4 cm³/mol. The van der Waals surface area contributed by atoms with E-state index in [1.54, 1.807) is 0 Å². The second-order valence-corrected chi connectivity index (χ2v) is 4.52. The van der Waals surface area contributed by atoms with Crippen molar-refractivity contribution in [2.45, 2.75) is 53.0 Å². The number of carbonyl (C=O) groups excluding carboxylic acids is 1. The Bertz CT molecular complexity index is 512. The Kier molecular flexibility index (Phi) is 11.5. The van der Waals surface area contributed by atoms with Gasteiger partial charge in [-0.1, -0.05) is 64.8 Å². The molecule has 1 aromatic carbocycles. The summed E-state index contributed by atoms with van der Waals surface area (Å²) in [6.45, 7) is 8.00. The quantitative estimate of drug-likeness (QED) is 0.733. The van der Waals surface area contributed by atoms with Gasteiger partial charge in [-0.25, -0.2) is 0 Å². The van der Waals surface area contributed by atoms with E-state index in [-0.39, 0.29) is 44.7 Å². The summed E-state index contributed by atoms with van der Waals surface area (Å²) in [6.07, 6.45) is 5.53. The normalized spacial score (nSPS) is 15.7. The van der Waals surface area contributed by atoms with Crippen molar-refractivity contribution in [2.75, 3.05) is 0 Å². The van der Waals surface area contributed by atoms with Gasteiger partial charge in [0.1, 0.15) is 5.69 Å². The fraction of sp³-hybridized carbons (Fsp3) is 0.444. The summed E-state index contributed by atoms with van der Waals surface area (Å²) in [5.74, 6) is -0.00986. The van der Waals surface area contributed by atoms with Crippen LogP contribution in [0, 0.1) is 6.42 Å². The van der Waals surface area contributed by atoms with E-state index >= 15 is 0 Å². The van der Waals surface area contributed by atoms with Crippen molar-refractivity contribution >= 4 is 16.8 Å². The minimum atomic E-state index is -0.00986. The van der Waals surface area contributed by atoms with Gasteiger partial charge in [-0.2, -0.15) is 6.42 Å². The van der Waals surface area contributed by atoms with Crippen LogP contribution in [0.3, 0.4) is 0 Å². The Labute approximate surface area is 159 Å². The average Bonchev–Trinajstić information content (AvgIpc) is 3.20. The summed E-state index contributed by atoms with van der Waals surface area (Å²) in [4.78, 5) is 15.2. The Morgan fingerprint density at radius 1 is 1.23 bits per heavy atom. The topological polar surface area (TPSA) is 44.9 Å². The molecule has 3 nitrogen and oxygen atoms in total. The third-order valence-corrected chi connectivity index (χ3v) is 3.26. The zero-order valence-electron chi connectivity index (χ0n) is 14.1. The Balaban J connectivity index is 0.000000819. The van der Waals surface area contributed by atoms with E-state index in [4.69, 9.17) is 0 Å². The standard InChI is InChI=1S/C14H15N2O.2C2H6.Y/c17-14(15-11-6-2-3-7-11)13-9-10-5-1-4-8-12(10)16-13;2*1-2;/h1,4-6,8-9,11,16H,2-3,7H2,(H,15,17);2*1-2H3;/q-1;;;/t11-;;;/m0.../s1. The van der Waals surface area contributed by atoms with Gasteiger partial charge in [0.25, 0.3) is 5.91 Å². The van der Waals surface area contributed by atoms with E-state index in [0.717, 1.165) is 23.7 Å². The van der Waals surface area contributed by atoms with Gasteiger partial charge in [-0.3, -0.25) is 4.79 Å². The van der Waals surface area contributed by atoms with Crippen LogP contribution in [0.25, 0.3) is 10.9 Å². The van der Waals surface area contributed by atoms with Gasteiger partial charge in [0.2, 0.25) is 0 Å². The summed E-state index contributed by atoms with van der Waals surface area (Å²) < 4.78 is 0. The molecule has 0 aliphatic heterocycles. The van der Waals surface area contributed by atoms with Crippen LogP contribution in [0.4, 0.5) is 0 Å². The second-order valence-electron chi connectivity index (χ2n) is 4.52. The molecule has 3 rings (SSSR count). The van der Waals surface area contributed by atoms with Crippen LogP contribution in [-0.4, -0.2) is 16.9 Å². The molecule has 4 heteroatoms. The zero-order chi connectivity index (χ0) is 15.7. The molecule has 2 aromatic rings. The number of carbonyl (C=O) groups is 1.